The zero-order valence-electron chi connectivity index (χ0n) is 10.0. The van der Waals surface area contributed by atoms with Gasteiger partial charge in [-0.3, -0.25) is 0 Å². The van der Waals surface area contributed by atoms with E-state index < -0.39 is 18.0 Å². The number of rotatable bonds is 4. The number of methoxy groups -OCH3 is 2. The normalized spacial score (nSPS) is 9.88. The van der Waals surface area contributed by atoms with Gasteiger partial charge in [-0.1, -0.05) is 17.7 Å². The van der Waals surface area contributed by atoms with Crippen LogP contribution in [-0.4, -0.2) is 32.2 Å². The maximum atomic E-state index is 11.4. The van der Waals surface area contributed by atoms with Gasteiger partial charge in [-0.25, -0.2) is 9.59 Å². The number of benzene rings is 1. The summed E-state index contributed by atoms with van der Waals surface area (Å²) < 4.78 is 9.06. The first-order chi connectivity index (χ1) is 8.08. The Morgan fingerprint density at radius 1 is 1.06 bits per heavy atom. The Morgan fingerprint density at radius 2 is 1.53 bits per heavy atom. The molecule has 0 aliphatic carbocycles. The second-order valence-electron chi connectivity index (χ2n) is 3.49. The second kappa shape index (κ2) is 5.89. The van der Waals surface area contributed by atoms with Crippen molar-refractivity contribution in [1.29, 1.82) is 0 Å². The molecule has 0 saturated carbocycles. The van der Waals surface area contributed by atoms with E-state index in [1.807, 2.05) is 19.1 Å². The molecule has 0 aliphatic heterocycles. The third kappa shape index (κ3) is 3.48. The summed E-state index contributed by atoms with van der Waals surface area (Å²) in [5, 5.41) is 2.76. The highest BCUT2D eigenvalue weighted by Gasteiger charge is 2.28. The summed E-state index contributed by atoms with van der Waals surface area (Å²) in [6.07, 6.45) is 0. The summed E-state index contributed by atoms with van der Waals surface area (Å²) in [6, 6.07) is 6.14. The van der Waals surface area contributed by atoms with Crippen LogP contribution in [0.3, 0.4) is 0 Å². The predicted molar refractivity (Wildman–Crippen MR) is 62.6 cm³/mol. The molecule has 0 aliphatic rings. The van der Waals surface area contributed by atoms with E-state index in [1.54, 1.807) is 12.1 Å². The third-order valence-electron chi connectivity index (χ3n) is 2.24. The molecule has 0 aromatic heterocycles. The fraction of sp³-hybridized carbons (Fsp3) is 0.333. The van der Waals surface area contributed by atoms with Gasteiger partial charge in [0.15, 0.2) is 0 Å². The van der Waals surface area contributed by atoms with E-state index in [0.29, 0.717) is 5.69 Å². The summed E-state index contributed by atoms with van der Waals surface area (Å²) in [6.45, 7) is 1.95. The van der Waals surface area contributed by atoms with Crippen molar-refractivity contribution >= 4 is 17.6 Å². The Hall–Kier alpha value is -2.04. The molecule has 0 heterocycles. The molecule has 1 aromatic rings. The maximum Gasteiger partial charge on any atom is 0.340 e. The molecule has 0 unspecified atom stereocenters. The monoisotopic (exact) mass is 237 g/mol. The fourth-order valence-electron chi connectivity index (χ4n) is 1.27. The number of aryl methyl sites for hydroxylation is 1. The highest BCUT2D eigenvalue weighted by molar-refractivity contribution is 6.01. The van der Waals surface area contributed by atoms with Crippen LogP contribution < -0.4 is 5.32 Å². The highest BCUT2D eigenvalue weighted by atomic mass is 16.5. The lowest BCUT2D eigenvalue weighted by molar-refractivity contribution is -0.152. The molecule has 92 valence electrons. The Labute approximate surface area is 99.7 Å². The lowest BCUT2D eigenvalue weighted by Crippen LogP contribution is -2.39. The van der Waals surface area contributed by atoms with Crippen molar-refractivity contribution in [1.82, 2.24) is 0 Å². The lowest BCUT2D eigenvalue weighted by Gasteiger charge is -2.15. The Balaban J connectivity index is 2.82. The molecule has 0 saturated heterocycles. The molecule has 17 heavy (non-hydrogen) atoms. The van der Waals surface area contributed by atoms with E-state index in [-0.39, 0.29) is 0 Å². The van der Waals surface area contributed by atoms with E-state index in [0.717, 1.165) is 5.56 Å². The van der Waals surface area contributed by atoms with Crippen molar-refractivity contribution in [3.05, 3.63) is 29.8 Å². The summed E-state index contributed by atoms with van der Waals surface area (Å²) in [5.74, 6) is -1.37. The van der Waals surface area contributed by atoms with Crippen LogP contribution in [0.4, 0.5) is 5.69 Å². The topological polar surface area (TPSA) is 64.6 Å². The zero-order valence-corrected chi connectivity index (χ0v) is 10.0. The fourth-order valence-corrected chi connectivity index (χ4v) is 1.27. The van der Waals surface area contributed by atoms with E-state index in [1.165, 1.54) is 14.2 Å². The van der Waals surface area contributed by atoms with Gasteiger partial charge in [0, 0.05) is 5.69 Å². The van der Waals surface area contributed by atoms with E-state index in [9.17, 15) is 9.59 Å². The third-order valence-corrected chi connectivity index (χ3v) is 2.24. The van der Waals surface area contributed by atoms with Crippen LogP contribution in [0.25, 0.3) is 0 Å². The average molecular weight is 237 g/mol. The Morgan fingerprint density at radius 3 is 1.94 bits per heavy atom. The van der Waals surface area contributed by atoms with Crippen molar-refractivity contribution in [2.75, 3.05) is 19.5 Å². The molecule has 1 aromatic carbocycles. The van der Waals surface area contributed by atoms with Crippen molar-refractivity contribution in [3.8, 4) is 0 Å². The molecule has 5 nitrogen and oxygen atoms in total. The minimum absolute atomic E-state index is 0.649. The van der Waals surface area contributed by atoms with Gasteiger partial charge in [-0.15, -0.1) is 0 Å². The molecule has 0 bridgehead atoms. The Bertz CT molecular complexity index is 383. The van der Waals surface area contributed by atoms with Gasteiger partial charge in [0.05, 0.1) is 14.2 Å². The molecular weight excluding hydrogens is 222 g/mol. The smallest absolute Gasteiger partial charge is 0.340 e. The quantitative estimate of drug-likeness (QED) is 0.628. The Kier molecular flexibility index (Phi) is 4.51. The van der Waals surface area contributed by atoms with Crippen molar-refractivity contribution in [2.24, 2.45) is 0 Å². The number of esters is 2. The molecule has 1 rings (SSSR count). The van der Waals surface area contributed by atoms with Gasteiger partial charge in [-0.05, 0) is 19.1 Å². The van der Waals surface area contributed by atoms with E-state index in [4.69, 9.17) is 0 Å². The first-order valence-corrected chi connectivity index (χ1v) is 5.07. The van der Waals surface area contributed by atoms with Crippen molar-refractivity contribution < 1.29 is 19.1 Å². The first-order valence-electron chi connectivity index (χ1n) is 5.07. The molecule has 1 N–H and O–H groups in total. The SMILES string of the molecule is COC(=O)C(Nc1ccc(C)cc1)C(=O)OC. The standard InChI is InChI=1S/C12H15NO4/c1-8-4-6-9(7-5-8)13-10(11(14)16-2)12(15)17-3/h4-7,10,13H,1-3H3. The van der Waals surface area contributed by atoms with Gasteiger partial charge in [0.25, 0.3) is 0 Å². The summed E-state index contributed by atoms with van der Waals surface area (Å²) in [7, 11) is 2.43. The number of hydrogen-bond acceptors (Lipinski definition) is 5. The van der Waals surface area contributed by atoms with Gasteiger partial charge in [0.1, 0.15) is 0 Å². The molecular formula is C12H15NO4. The van der Waals surface area contributed by atoms with Crippen LogP contribution >= 0.6 is 0 Å². The largest absolute Gasteiger partial charge is 0.467 e. The van der Waals surface area contributed by atoms with Crippen LogP contribution in [0, 0.1) is 6.92 Å². The minimum atomic E-state index is -1.15. The molecule has 0 amide bonds. The van der Waals surface area contributed by atoms with Gasteiger partial charge >= 0.3 is 11.9 Å². The number of ether oxygens (including phenoxy) is 2. The number of carbonyl (C=O) groups is 2. The summed E-state index contributed by atoms with van der Waals surface area (Å²) in [4.78, 5) is 22.8. The number of nitrogens with one attached hydrogen (secondary N) is 1. The molecule has 0 spiro atoms. The predicted octanol–water partition coefficient (Wildman–Crippen LogP) is 1.12. The highest BCUT2D eigenvalue weighted by Crippen LogP contribution is 2.11. The number of carbonyl (C=O) groups excluding carboxylic acids is 2. The summed E-state index contributed by atoms with van der Waals surface area (Å²) in [5.41, 5.74) is 1.74. The van der Waals surface area contributed by atoms with Crippen molar-refractivity contribution in [2.45, 2.75) is 13.0 Å². The van der Waals surface area contributed by atoms with E-state index >= 15 is 0 Å². The van der Waals surface area contributed by atoms with Crippen LogP contribution in [0.1, 0.15) is 5.56 Å². The van der Waals surface area contributed by atoms with Crippen LogP contribution in [-0.2, 0) is 19.1 Å². The first kappa shape index (κ1) is 13.0. The molecule has 0 radical (unpaired) electrons. The number of anilines is 1. The molecule has 0 atom stereocenters. The van der Waals surface area contributed by atoms with Crippen molar-refractivity contribution in [3.63, 3.8) is 0 Å². The lowest BCUT2D eigenvalue weighted by atomic mass is 10.2. The minimum Gasteiger partial charge on any atom is -0.467 e. The van der Waals surface area contributed by atoms with Crippen LogP contribution in [0.15, 0.2) is 24.3 Å². The van der Waals surface area contributed by atoms with Gasteiger partial charge in [0.2, 0.25) is 6.04 Å². The second-order valence-corrected chi connectivity index (χ2v) is 3.49. The van der Waals surface area contributed by atoms with E-state index in [2.05, 4.69) is 14.8 Å². The van der Waals surface area contributed by atoms with Gasteiger partial charge < -0.3 is 14.8 Å². The van der Waals surface area contributed by atoms with Crippen LogP contribution in [0.5, 0.6) is 0 Å². The molecule has 5 heteroatoms. The van der Waals surface area contributed by atoms with Gasteiger partial charge in [-0.2, -0.15) is 0 Å². The maximum absolute atomic E-state index is 11.4. The molecule has 0 fully saturated rings. The average Bonchev–Trinajstić information content (AvgIpc) is 2.36. The van der Waals surface area contributed by atoms with Crippen LogP contribution in [0.2, 0.25) is 0 Å². The number of hydrogen-bond donors (Lipinski definition) is 1. The summed E-state index contributed by atoms with van der Waals surface area (Å²) >= 11 is 0. The zero-order chi connectivity index (χ0) is 12.8.